The molecule has 0 spiro atoms. The number of nitrogens with two attached hydrogens (primary N) is 1. The molecule has 0 saturated carbocycles. The molecule has 0 amide bonds. The number of benzene rings is 2. The Bertz CT molecular complexity index is 607. The Hall–Kier alpha value is -2.40. The maximum atomic E-state index is 5.61. The van der Waals surface area contributed by atoms with Gasteiger partial charge in [0.05, 0.1) is 18.0 Å². The molecule has 0 aliphatic heterocycles. The van der Waals surface area contributed by atoms with E-state index in [1.807, 2.05) is 48.5 Å². The van der Waals surface area contributed by atoms with Gasteiger partial charge in [-0.1, -0.05) is 13.3 Å². The predicted octanol–water partition coefficient (Wildman–Crippen LogP) is 4.96. The van der Waals surface area contributed by atoms with E-state index in [2.05, 4.69) is 17.2 Å². The van der Waals surface area contributed by atoms with E-state index < -0.39 is 0 Å². The van der Waals surface area contributed by atoms with Gasteiger partial charge in [-0.3, -0.25) is 5.73 Å². The molecule has 5 nitrogen and oxygen atoms in total. The van der Waals surface area contributed by atoms with Crippen LogP contribution < -0.4 is 15.2 Å². The first-order valence-electron chi connectivity index (χ1n) is 7.84. The van der Waals surface area contributed by atoms with Gasteiger partial charge >= 0.3 is 0 Å². The summed E-state index contributed by atoms with van der Waals surface area (Å²) in [5.74, 6) is 1.57. The molecule has 0 radical (unpaired) electrons. The van der Waals surface area contributed by atoms with Crippen molar-refractivity contribution in [3.05, 3.63) is 48.5 Å². The summed E-state index contributed by atoms with van der Waals surface area (Å²) in [4.78, 5) is 0. The molecule has 2 N–H and O–H groups in total. The van der Waals surface area contributed by atoms with Gasteiger partial charge in [-0.05, 0) is 61.9 Å². The van der Waals surface area contributed by atoms with E-state index in [1.165, 1.54) is 0 Å². The van der Waals surface area contributed by atoms with Crippen molar-refractivity contribution in [1.82, 2.24) is 0 Å². The average molecular weight is 313 g/mol. The smallest absolute Gasteiger partial charge is 0.144 e. The van der Waals surface area contributed by atoms with E-state index in [-0.39, 0.29) is 6.23 Å². The van der Waals surface area contributed by atoms with Gasteiger partial charge in [0.1, 0.15) is 17.7 Å². The summed E-state index contributed by atoms with van der Waals surface area (Å²) in [6.45, 7) is 4.67. The van der Waals surface area contributed by atoms with Crippen LogP contribution in [0.4, 0.5) is 11.4 Å². The quantitative estimate of drug-likeness (QED) is 0.425. The molecule has 0 fully saturated rings. The maximum absolute atomic E-state index is 5.61. The van der Waals surface area contributed by atoms with Gasteiger partial charge in [-0.25, -0.2) is 0 Å². The maximum Gasteiger partial charge on any atom is 0.144 e. The molecule has 2 aromatic carbocycles. The molecule has 0 aromatic heterocycles. The molecule has 0 aliphatic carbocycles. The van der Waals surface area contributed by atoms with Crippen LogP contribution in [0.2, 0.25) is 0 Å². The third-order valence-corrected chi connectivity index (χ3v) is 3.04. The van der Waals surface area contributed by atoms with E-state index >= 15 is 0 Å². The molecular weight excluding hydrogens is 290 g/mol. The van der Waals surface area contributed by atoms with Gasteiger partial charge in [-0.2, -0.15) is 10.2 Å². The van der Waals surface area contributed by atoms with Crippen LogP contribution in [0.15, 0.2) is 58.8 Å². The standard InChI is InChI=1S/C18H23N3O2/c1-3-4-13-22-17-9-5-15(6-10-17)20-21-16-7-11-18(12-8-16)23-14(2)19/h5-12,14H,3-4,13,19H2,1-2H3. The summed E-state index contributed by atoms with van der Waals surface area (Å²) < 4.78 is 11.0. The van der Waals surface area contributed by atoms with E-state index in [0.717, 1.165) is 36.6 Å². The molecule has 0 bridgehead atoms. The van der Waals surface area contributed by atoms with Crippen molar-refractivity contribution >= 4 is 11.4 Å². The van der Waals surface area contributed by atoms with Crippen molar-refractivity contribution in [2.24, 2.45) is 16.0 Å². The summed E-state index contributed by atoms with van der Waals surface area (Å²) in [6, 6.07) is 14.9. The molecular formula is C18H23N3O2. The van der Waals surface area contributed by atoms with Crippen LogP contribution in [-0.2, 0) is 0 Å². The SMILES string of the molecule is CCCCOc1ccc(N=Nc2ccc(OC(C)N)cc2)cc1. The second-order valence-corrected chi connectivity index (χ2v) is 5.21. The molecule has 0 saturated heterocycles. The van der Waals surface area contributed by atoms with Crippen LogP contribution in [0.5, 0.6) is 11.5 Å². The van der Waals surface area contributed by atoms with E-state index in [9.17, 15) is 0 Å². The Morgan fingerprint density at radius 2 is 1.43 bits per heavy atom. The molecule has 2 aromatic rings. The number of rotatable bonds is 8. The zero-order chi connectivity index (χ0) is 16.5. The number of hydrogen-bond donors (Lipinski definition) is 1. The third-order valence-electron chi connectivity index (χ3n) is 3.04. The lowest BCUT2D eigenvalue weighted by Crippen LogP contribution is -2.22. The molecule has 0 aliphatic rings. The topological polar surface area (TPSA) is 69.2 Å². The van der Waals surface area contributed by atoms with Crippen LogP contribution in [-0.4, -0.2) is 12.8 Å². The van der Waals surface area contributed by atoms with Gasteiger partial charge in [0.25, 0.3) is 0 Å². The summed E-state index contributed by atoms with van der Waals surface area (Å²) in [5.41, 5.74) is 7.11. The highest BCUT2D eigenvalue weighted by Crippen LogP contribution is 2.23. The monoisotopic (exact) mass is 313 g/mol. The zero-order valence-electron chi connectivity index (χ0n) is 13.6. The van der Waals surface area contributed by atoms with Crippen LogP contribution in [0.25, 0.3) is 0 Å². The number of hydrogen-bond acceptors (Lipinski definition) is 5. The van der Waals surface area contributed by atoms with E-state index in [1.54, 1.807) is 6.92 Å². The molecule has 122 valence electrons. The van der Waals surface area contributed by atoms with Crippen LogP contribution in [0.1, 0.15) is 26.7 Å². The minimum Gasteiger partial charge on any atom is -0.494 e. The van der Waals surface area contributed by atoms with Crippen molar-refractivity contribution in [1.29, 1.82) is 0 Å². The summed E-state index contributed by atoms with van der Waals surface area (Å²) in [6.07, 6.45) is 1.85. The first-order valence-corrected chi connectivity index (χ1v) is 7.84. The average Bonchev–Trinajstić information content (AvgIpc) is 2.55. The number of unbranched alkanes of at least 4 members (excludes halogenated alkanes) is 1. The van der Waals surface area contributed by atoms with Gasteiger partial charge < -0.3 is 9.47 Å². The molecule has 5 heteroatoms. The first kappa shape index (κ1) is 17.0. The normalized spacial score (nSPS) is 12.3. The van der Waals surface area contributed by atoms with Crippen molar-refractivity contribution in [3.63, 3.8) is 0 Å². The molecule has 23 heavy (non-hydrogen) atoms. The Morgan fingerprint density at radius 1 is 0.913 bits per heavy atom. The Kier molecular flexibility index (Phi) is 6.56. The molecule has 1 atom stereocenters. The highest BCUT2D eigenvalue weighted by Gasteiger charge is 1.98. The highest BCUT2D eigenvalue weighted by atomic mass is 16.5. The van der Waals surface area contributed by atoms with E-state index in [4.69, 9.17) is 15.2 Å². The Morgan fingerprint density at radius 3 is 1.91 bits per heavy atom. The lowest BCUT2D eigenvalue weighted by atomic mass is 10.3. The fourth-order valence-electron chi connectivity index (χ4n) is 1.86. The van der Waals surface area contributed by atoms with Gasteiger partial charge in [0, 0.05) is 0 Å². The van der Waals surface area contributed by atoms with Crippen LogP contribution in [0, 0.1) is 0 Å². The summed E-state index contributed by atoms with van der Waals surface area (Å²) in [5, 5.41) is 8.41. The van der Waals surface area contributed by atoms with Crippen molar-refractivity contribution in [2.45, 2.75) is 32.9 Å². The third kappa shape index (κ3) is 6.08. The Labute approximate surface area is 137 Å². The highest BCUT2D eigenvalue weighted by molar-refractivity contribution is 5.44. The number of azo groups is 1. The largest absolute Gasteiger partial charge is 0.494 e. The van der Waals surface area contributed by atoms with Gasteiger partial charge in [-0.15, -0.1) is 0 Å². The second-order valence-electron chi connectivity index (χ2n) is 5.21. The molecule has 2 rings (SSSR count). The van der Waals surface area contributed by atoms with E-state index in [0.29, 0.717) is 5.75 Å². The number of nitrogens with zero attached hydrogens (tertiary/aromatic N) is 2. The molecule has 0 heterocycles. The molecule has 1 unspecified atom stereocenters. The summed E-state index contributed by atoms with van der Waals surface area (Å²) >= 11 is 0. The Balaban J connectivity index is 1.91. The minimum atomic E-state index is -0.333. The minimum absolute atomic E-state index is 0.333. The lowest BCUT2D eigenvalue weighted by molar-refractivity contribution is 0.230. The zero-order valence-corrected chi connectivity index (χ0v) is 13.6. The predicted molar refractivity (Wildman–Crippen MR) is 91.7 cm³/mol. The van der Waals surface area contributed by atoms with Gasteiger partial charge in [0.2, 0.25) is 0 Å². The lowest BCUT2D eigenvalue weighted by Gasteiger charge is -2.08. The fourth-order valence-corrected chi connectivity index (χ4v) is 1.86. The van der Waals surface area contributed by atoms with Crippen LogP contribution >= 0.6 is 0 Å². The first-order chi connectivity index (χ1) is 11.2. The summed E-state index contributed by atoms with van der Waals surface area (Å²) in [7, 11) is 0. The second kappa shape index (κ2) is 8.90. The van der Waals surface area contributed by atoms with Crippen LogP contribution in [0.3, 0.4) is 0 Å². The number of ether oxygens (including phenoxy) is 2. The van der Waals surface area contributed by atoms with Crippen molar-refractivity contribution in [3.8, 4) is 11.5 Å². The fraction of sp³-hybridized carbons (Fsp3) is 0.333. The van der Waals surface area contributed by atoms with Gasteiger partial charge in [0.15, 0.2) is 0 Å². The van der Waals surface area contributed by atoms with Crippen molar-refractivity contribution in [2.75, 3.05) is 6.61 Å². The van der Waals surface area contributed by atoms with Crippen molar-refractivity contribution < 1.29 is 9.47 Å².